The number of halogens is 1. The Bertz CT molecular complexity index is 246. The zero-order valence-corrected chi connectivity index (χ0v) is 9.71. The van der Waals surface area contributed by atoms with Gasteiger partial charge in [-0.3, -0.25) is 4.98 Å². The number of aromatic nitrogens is 1. The van der Waals surface area contributed by atoms with E-state index in [4.69, 9.17) is 0 Å². The van der Waals surface area contributed by atoms with Crippen molar-refractivity contribution in [2.24, 2.45) is 0 Å². The van der Waals surface area contributed by atoms with Crippen molar-refractivity contribution in [1.29, 1.82) is 0 Å². The van der Waals surface area contributed by atoms with Crippen LogP contribution in [0.1, 0.15) is 19.0 Å². The third kappa shape index (κ3) is 3.87. The average molecular weight is 243 g/mol. The lowest BCUT2D eigenvalue weighted by atomic mass is 10.3. The van der Waals surface area contributed by atoms with Crippen molar-refractivity contribution in [2.75, 3.05) is 13.6 Å². The normalized spacial score (nSPS) is 10.8. The first-order valence-electron chi connectivity index (χ1n) is 4.51. The molecule has 13 heavy (non-hydrogen) atoms. The zero-order chi connectivity index (χ0) is 9.68. The number of rotatable bonds is 4. The van der Waals surface area contributed by atoms with Crippen molar-refractivity contribution in [2.45, 2.75) is 19.9 Å². The van der Waals surface area contributed by atoms with E-state index in [-0.39, 0.29) is 0 Å². The maximum Gasteiger partial charge on any atom is 0.0544 e. The smallest absolute Gasteiger partial charge is 0.0544 e. The van der Waals surface area contributed by atoms with Gasteiger partial charge >= 0.3 is 0 Å². The summed E-state index contributed by atoms with van der Waals surface area (Å²) in [5.74, 6) is 0. The zero-order valence-electron chi connectivity index (χ0n) is 8.13. The van der Waals surface area contributed by atoms with Crippen molar-refractivity contribution in [1.82, 2.24) is 9.88 Å². The largest absolute Gasteiger partial charge is 0.301 e. The molecule has 0 spiro atoms. The van der Waals surface area contributed by atoms with Crippen molar-refractivity contribution in [3.63, 3.8) is 0 Å². The highest BCUT2D eigenvalue weighted by atomic mass is 79.9. The van der Waals surface area contributed by atoms with Crippen LogP contribution in [0.4, 0.5) is 0 Å². The lowest BCUT2D eigenvalue weighted by Crippen LogP contribution is -2.18. The van der Waals surface area contributed by atoms with Gasteiger partial charge in [-0.25, -0.2) is 0 Å². The van der Waals surface area contributed by atoms with Crippen molar-refractivity contribution in [3.05, 3.63) is 28.5 Å². The summed E-state index contributed by atoms with van der Waals surface area (Å²) in [7, 11) is 2.12. The molecule has 0 bridgehead atoms. The Hall–Kier alpha value is -0.410. The minimum Gasteiger partial charge on any atom is -0.301 e. The van der Waals surface area contributed by atoms with E-state index in [0.29, 0.717) is 0 Å². The summed E-state index contributed by atoms with van der Waals surface area (Å²) < 4.78 is 1.04. The van der Waals surface area contributed by atoms with E-state index in [1.165, 1.54) is 6.42 Å². The standard InChI is InChI=1S/C10H15BrN2/c1-3-6-13(2)8-10-5-4-9(11)7-12-10/h4-5,7H,3,6,8H2,1-2H3. The molecule has 0 saturated heterocycles. The number of nitrogens with zero attached hydrogens (tertiary/aromatic N) is 2. The number of hydrogen-bond acceptors (Lipinski definition) is 2. The fourth-order valence-electron chi connectivity index (χ4n) is 1.24. The molecule has 0 aliphatic rings. The molecular weight excluding hydrogens is 228 g/mol. The molecule has 2 nitrogen and oxygen atoms in total. The Morgan fingerprint density at radius 1 is 1.46 bits per heavy atom. The van der Waals surface area contributed by atoms with Gasteiger partial charge in [-0.05, 0) is 48.1 Å². The van der Waals surface area contributed by atoms with Crippen LogP contribution in [0.15, 0.2) is 22.8 Å². The summed E-state index contributed by atoms with van der Waals surface area (Å²) in [5, 5.41) is 0. The summed E-state index contributed by atoms with van der Waals surface area (Å²) in [6, 6.07) is 4.08. The molecule has 0 atom stereocenters. The van der Waals surface area contributed by atoms with Crippen LogP contribution in [-0.2, 0) is 6.54 Å². The van der Waals surface area contributed by atoms with E-state index < -0.39 is 0 Å². The minimum atomic E-state index is 0.932. The van der Waals surface area contributed by atoms with Crippen molar-refractivity contribution < 1.29 is 0 Å². The predicted molar refractivity (Wildman–Crippen MR) is 58.6 cm³/mol. The quantitative estimate of drug-likeness (QED) is 0.808. The first-order valence-corrected chi connectivity index (χ1v) is 5.30. The van der Waals surface area contributed by atoms with Gasteiger partial charge in [0.25, 0.3) is 0 Å². The van der Waals surface area contributed by atoms with Crippen LogP contribution >= 0.6 is 15.9 Å². The monoisotopic (exact) mass is 242 g/mol. The summed E-state index contributed by atoms with van der Waals surface area (Å²) in [6.45, 7) is 4.24. The van der Waals surface area contributed by atoms with Gasteiger partial charge in [-0.1, -0.05) is 6.92 Å². The predicted octanol–water partition coefficient (Wildman–Crippen LogP) is 2.69. The molecule has 0 fully saturated rings. The van der Waals surface area contributed by atoms with Gasteiger partial charge in [-0.2, -0.15) is 0 Å². The van der Waals surface area contributed by atoms with E-state index in [2.05, 4.69) is 45.9 Å². The first-order chi connectivity index (χ1) is 6.22. The minimum absolute atomic E-state index is 0.932. The van der Waals surface area contributed by atoms with Gasteiger partial charge in [0, 0.05) is 17.2 Å². The molecule has 0 aliphatic heterocycles. The van der Waals surface area contributed by atoms with E-state index in [9.17, 15) is 0 Å². The Labute approximate surface area is 88.1 Å². The maximum atomic E-state index is 4.31. The molecule has 3 heteroatoms. The number of hydrogen-bond donors (Lipinski definition) is 0. The molecule has 0 unspecified atom stereocenters. The van der Waals surface area contributed by atoms with Gasteiger partial charge < -0.3 is 4.90 Å². The van der Waals surface area contributed by atoms with Crippen molar-refractivity contribution in [3.8, 4) is 0 Å². The molecule has 72 valence electrons. The molecule has 1 rings (SSSR count). The SMILES string of the molecule is CCCN(C)Cc1ccc(Br)cn1. The van der Waals surface area contributed by atoms with E-state index >= 15 is 0 Å². The van der Waals surface area contributed by atoms with Crippen molar-refractivity contribution >= 4 is 15.9 Å². The summed E-state index contributed by atoms with van der Waals surface area (Å²) in [4.78, 5) is 6.59. The van der Waals surface area contributed by atoms with Gasteiger partial charge in [0.05, 0.1) is 5.69 Å². The third-order valence-corrected chi connectivity index (χ3v) is 2.29. The first kappa shape index (κ1) is 10.7. The topological polar surface area (TPSA) is 16.1 Å². The Balaban J connectivity index is 2.49. The molecule has 0 saturated carbocycles. The maximum absolute atomic E-state index is 4.31. The lowest BCUT2D eigenvalue weighted by Gasteiger charge is -2.14. The Morgan fingerprint density at radius 3 is 2.77 bits per heavy atom. The van der Waals surface area contributed by atoms with Gasteiger partial charge in [0.1, 0.15) is 0 Å². The van der Waals surface area contributed by atoms with E-state index in [1.54, 1.807) is 0 Å². The second-order valence-electron chi connectivity index (χ2n) is 3.21. The van der Waals surface area contributed by atoms with Crippen LogP contribution in [0.5, 0.6) is 0 Å². The summed E-state index contributed by atoms with van der Waals surface area (Å²) >= 11 is 3.37. The molecule has 1 heterocycles. The van der Waals surface area contributed by atoms with Gasteiger partial charge in [0.2, 0.25) is 0 Å². The molecule has 0 aliphatic carbocycles. The fraction of sp³-hybridized carbons (Fsp3) is 0.500. The van der Waals surface area contributed by atoms with Crippen LogP contribution in [-0.4, -0.2) is 23.5 Å². The lowest BCUT2D eigenvalue weighted by molar-refractivity contribution is 0.323. The van der Waals surface area contributed by atoms with Crippen LogP contribution in [0.25, 0.3) is 0 Å². The van der Waals surface area contributed by atoms with Crippen LogP contribution < -0.4 is 0 Å². The third-order valence-electron chi connectivity index (χ3n) is 1.83. The summed E-state index contributed by atoms with van der Waals surface area (Å²) in [5.41, 5.74) is 1.12. The second-order valence-corrected chi connectivity index (χ2v) is 4.12. The Morgan fingerprint density at radius 2 is 2.23 bits per heavy atom. The molecule has 0 N–H and O–H groups in total. The van der Waals surface area contributed by atoms with E-state index in [1.807, 2.05) is 12.3 Å². The average Bonchev–Trinajstić information content (AvgIpc) is 2.09. The van der Waals surface area contributed by atoms with Gasteiger partial charge in [0.15, 0.2) is 0 Å². The van der Waals surface area contributed by atoms with Crippen LogP contribution in [0.3, 0.4) is 0 Å². The van der Waals surface area contributed by atoms with Gasteiger partial charge in [-0.15, -0.1) is 0 Å². The highest BCUT2D eigenvalue weighted by Crippen LogP contribution is 2.08. The van der Waals surface area contributed by atoms with E-state index in [0.717, 1.165) is 23.3 Å². The fourth-order valence-corrected chi connectivity index (χ4v) is 1.47. The van der Waals surface area contributed by atoms with Crippen LogP contribution in [0, 0.1) is 0 Å². The number of pyridine rings is 1. The van der Waals surface area contributed by atoms with Crippen LogP contribution in [0.2, 0.25) is 0 Å². The molecular formula is C10H15BrN2. The highest BCUT2D eigenvalue weighted by molar-refractivity contribution is 9.10. The summed E-state index contributed by atoms with van der Waals surface area (Å²) in [6.07, 6.45) is 3.03. The second kappa shape index (κ2) is 5.35. The Kier molecular flexibility index (Phi) is 4.39. The molecule has 1 aromatic rings. The molecule has 0 aromatic carbocycles. The highest BCUT2D eigenvalue weighted by Gasteiger charge is 1.99. The molecule has 1 aromatic heterocycles. The molecule has 0 radical (unpaired) electrons. The molecule has 0 amide bonds.